The van der Waals surface area contributed by atoms with E-state index in [1.165, 1.54) is 12.4 Å². The third-order valence-corrected chi connectivity index (χ3v) is 8.05. The lowest BCUT2D eigenvalue weighted by Crippen LogP contribution is -2.63. The Morgan fingerprint density at radius 3 is 2.57 bits per heavy atom. The van der Waals surface area contributed by atoms with Crippen LogP contribution in [0.5, 0.6) is 0 Å². The van der Waals surface area contributed by atoms with Crippen molar-refractivity contribution in [3.8, 4) is 0 Å². The molecule has 1 atom stereocenters. The molecule has 1 unspecified atom stereocenters. The maximum atomic E-state index is 13.1. The van der Waals surface area contributed by atoms with E-state index < -0.39 is 11.7 Å². The van der Waals surface area contributed by atoms with Crippen LogP contribution >= 0.6 is 0 Å². The summed E-state index contributed by atoms with van der Waals surface area (Å²) in [6.45, 7) is 3.73. The highest BCUT2D eigenvalue weighted by atomic mass is 19.4. The van der Waals surface area contributed by atoms with Gasteiger partial charge < -0.3 is 15.7 Å². The van der Waals surface area contributed by atoms with Crippen LogP contribution in [-0.2, 0) is 11.0 Å². The van der Waals surface area contributed by atoms with Crippen molar-refractivity contribution in [3.63, 3.8) is 0 Å². The van der Waals surface area contributed by atoms with E-state index in [9.17, 15) is 23.1 Å². The Bertz CT molecular complexity index is 1080. The topological polar surface area (TPSA) is 90.4 Å². The van der Waals surface area contributed by atoms with Gasteiger partial charge >= 0.3 is 6.18 Å². The van der Waals surface area contributed by atoms with E-state index in [4.69, 9.17) is 0 Å². The van der Waals surface area contributed by atoms with Crippen LogP contribution in [0.4, 0.5) is 19.0 Å². The Labute approximate surface area is 202 Å². The number of alkyl halides is 3. The summed E-state index contributed by atoms with van der Waals surface area (Å²) >= 11 is 0. The smallest absolute Gasteiger partial charge is 0.392 e. The van der Waals surface area contributed by atoms with Gasteiger partial charge in [-0.2, -0.15) is 13.2 Å². The fourth-order valence-electron chi connectivity index (χ4n) is 5.62. The number of rotatable bonds is 7. The third kappa shape index (κ3) is 5.23. The molecule has 0 bridgehead atoms. The van der Waals surface area contributed by atoms with Crippen molar-refractivity contribution in [1.29, 1.82) is 0 Å². The van der Waals surface area contributed by atoms with Crippen LogP contribution in [-0.4, -0.2) is 63.7 Å². The highest BCUT2D eigenvalue weighted by molar-refractivity contribution is 5.91. The lowest BCUT2D eigenvalue weighted by atomic mass is 9.68. The molecule has 35 heavy (non-hydrogen) atoms. The second-order valence-corrected chi connectivity index (χ2v) is 10.7. The number of aromatic nitrogens is 2. The lowest BCUT2D eigenvalue weighted by molar-refractivity contribution is -0.137. The number of nitrogens with one attached hydrogen (secondary N) is 2. The first-order valence-electron chi connectivity index (χ1n) is 12.4. The Morgan fingerprint density at radius 1 is 1.20 bits per heavy atom. The lowest BCUT2D eigenvalue weighted by Gasteiger charge is -2.49. The summed E-state index contributed by atoms with van der Waals surface area (Å²) in [7, 11) is 0. The molecule has 2 saturated carbocycles. The maximum absolute atomic E-state index is 13.1. The van der Waals surface area contributed by atoms with Crippen LogP contribution < -0.4 is 10.6 Å². The zero-order chi connectivity index (χ0) is 24.8. The third-order valence-electron chi connectivity index (χ3n) is 8.05. The largest absolute Gasteiger partial charge is 0.416 e. The van der Waals surface area contributed by atoms with Crippen molar-refractivity contribution >= 4 is 22.6 Å². The van der Waals surface area contributed by atoms with Crippen molar-refractivity contribution in [2.75, 3.05) is 25.0 Å². The molecule has 0 radical (unpaired) electrons. The number of hydrogen-bond acceptors (Lipinski definition) is 6. The summed E-state index contributed by atoms with van der Waals surface area (Å²) in [6.07, 6.45) is 3.15. The minimum Gasteiger partial charge on any atom is -0.392 e. The molecule has 0 spiro atoms. The first-order chi connectivity index (χ1) is 16.6. The van der Waals surface area contributed by atoms with Gasteiger partial charge in [0.15, 0.2) is 0 Å². The molecule has 2 heterocycles. The number of anilines is 1. The predicted molar refractivity (Wildman–Crippen MR) is 126 cm³/mol. The molecule has 1 aliphatic heterocycles. The molecule has 1 aromatic carbocycles. The second kappa shape index (κ2) is 9.20. The van der Waals surface area contributed by atoms with Gasteiger partial charge in [-0.3, -0.25) is 9.69 Å². The molecule has 3 aliphatic rings. The standard InChI is InChI=1S/C25H32F3N5O2/c1-24(22(35)15-2-3-15)8-6-18(7-9-24)33-12-17(13-33)32-21(34)11-29-23-19-10-16(25(26,27)28)4-5-20(19)30-14-31-23/h4-5,10,14-15,17-18,22,35H,2-3,6-9,11-13H2,1H3,(H,32,34)(H,29,30,31). The van der Waals surface area contributed by atoms with Gasteiger partial charge in [-0.05, 0) is 68.1 Å². The van der Waals surface area contributed by atoms with Gasteiger partial charge in [-0.25, -0.2) is 9.97 Å². The van der Waals surface area contributed by atoms with E-state index in [0.29, 0.717) is 17.5 Å². The fourth-order valence-corrected chi connectivity index (χ4v) is 5.62. The summed E-state index contributed by atoms with van der Waals surface area (Å²) in [5, 5.41) is 16.7. The van der Waals surface area contributed by atoms with E-state index in [1.807, 2.05) is 0 Å². The van der Waals surface area contributed by atoms with Crippen molar-refractivity contribution < 1.29 is 23.1 Å². The van der Waals surface area contributed by atoms with E-state index in [1.54, 1.807) is 0 Å². The summed E-state index contributed by atoms with van der Waals surface area (Å²) in [4.78, 5) is 22.9. The van der Waals surface area contributed by atoms with Crippen LogP contribution in [0.3, 0.4) is 0 Å². The minimum atomic E-state index is -4.47. The monoisotopic (exact) mass is 491 g/mol. The van der Waals surface area contributed by atoms with Crippen LogP contribution in [0, 0.1) is 11.3 Å². The van der Waals surface area contributed by atoms with Gasteiger partial charge in [0.25, 0.3) is 0 Å². The molecule has 1 aromatic heterocycles. The average molecular weight is 492 g/mol. The van der Waals surface area contributed by atoms with Crippen molar-refractivity contribution in [1.82, 2.24) is 20.2 Å². The summed E-state index contributed by atoms with van der Waals surface area (Å²) in [6, 6.07) is 3.84. The van der Waals surface area contributed by atoms with Crippen LogP contribution in [0.25, 0.3) is 10.9 Å². The summed E-state index contributed by atoms with van der Waals surface area (Å²) in [5.74, 6) is 0.475. The van der Waals surface area contributed by atoms with E-state index in [2.05, 4.69) is 32.4 Å². The molecular weight excluding hydrogens is 459 g/mol. The number of nitrogens with zero attached hydrogens (tertiary/aromatic N) is 3. The number of carbonyl (C=O) groups excluding carboxylic acids is 1. The molecule has 1 saturated heterocycles. The Balaban J connectivity index is 1.08. The van der Waals surface area contributed by atoms with Crippen molar-refractivity contribution in [2.24, 2.45) is 11.3 Å². The maximum Gasteiger partial charge on any atom is 0.416 e. The predicted octanol–water partition coefficient (Wildman–Crippen LogP) is 3.58. The molecule has 190 valence electrons. The number of fused-ring (bicyclic) bond motifs is 1. The van der Waals surface area contributed by atoms with E-state index >= 15 is 0 Å². The number of aliphatic hydroxyl groups is 1. The number of aliphatic hydroxyl groups excluding tert-OH is 1. The zero-order valence-electron chi connectivity index (χ0n) is 19.8. The number of likely N-dealkylation sites (tertiary alicyclic amines) is 1. The van der Waals surface area contributed by atoms with Crippen LogP contribution in [0.15, 0.2) is 24.5 Å². The molecule has 1 amide bonds. The molecule has 3 fully saturated rings. The number of hydrogen-bond donors (Lipinski definition) is 3. The summed E-state index contributed by atoms with van der Waals surface area (Å²) in [5.41, 5.74) is -0.376. The highest BCUT2D eigenvalue weighted by Gasteiger charge is 2.46. The second-order valence-electron chi connectivity index (χ2n) is 10.7. The van der Waals surface area contributed by atoms with Gasteiger partial charge in [0, 0.05) is 24.5 Å². The average Bonchev–Trinajstić information content (AvgIpc) is 3.64. The molecule has 5 rings (SSSR count). The highest BCUT2D eigenvalue weighted by Crippen LogP contribution is 2.48. The van der Waals surface area contributed by atoms with Crippen molar-refractivity contribution in [3.05, 3.63) is 30.1 Å². The van der Waals surface area contributed by atoms with E-state index in [-0.39, 0.29) is 41.2 Å². The minimum absolute atomic E-state index is 0.0356. The zero-order valence-corrected chi connectivity index (χ0v) is 19.8. The van der Waals surface area contributed by atoms with Gasteiger partial charge in [-0.15, -0.1) is 0 Å². The van der Waals surface area contributed by atoms with Gasteiger partial charge in [0.05, 0.1) is 29.8 Å². The Kier molecular flexibility index (Phi) is 6.37. The SMILES string of the molecule is CC1(C(O)C2CC2)CCC(N2CC(NC(=O)CNc3ncnc4ccc(C(F)(F)F)cc34)C2)CC1. The number of halogens is 3. The number of amides is 1. The Morgan fingerprint density at radius 2 is 1.91 bits per heavy atom. The fraction of sp³-hybridized carbons (Fsp3) is 0.640. The van der Waals surface area contributed by atoms with E-state index in [0.717, 1.165) is 63.7 Å². The molecule has 7 nitrogen and oxygen atoms in total. The normalized spacial score (nSPS) is 26.8. The first kappa shape index (κ1) is 24.2. The van der Waals surface area contributed by atoms with Crippen LogP contribution in [0.1, 0.15) is 51.0 Å². The van der Waals surface area contributed by atoms with Crippen molar-refractivity contribution in [2.45, 2.75) is 69.8 Å². The van der Waals surface area contributed by atoms with Crippen LogP contribution in [0.2, 0.25) is 0 Å². The first-order valence-corrected chi connectivity index (χ1v) is 12.4. The van der Waals surface area contributed by atoms with Gasteiger partial charge in [0.2, 0.25) is 5.91 Å². The quantitative estimate of drug-likeness (QED) is 0.549. The van der Waals surface area contributed by atoms with Gasteiger partial charge in [-0.1, -0.05) is 6.92 Å². The molecular formula is C25H32F3N5O2. The van der Waals surface area contributed by atoms with Gasteiger partial charge in [0.1, 0.15) is 12.1 Å². The molecule has 2 aromatic rings. The molecule has 2 aliphatic carbocycles. The summed E-state index contributed by atoms with van der Waals surface area (Å²) < 4.78 is 39.3. The Hall–Kier alpha value is -2.46. The molecule has 3 N–H and O–H groups in total. The number of benzene rings is 1. The number of carbonyl (C=O) groups is 1. The molecule has 10 heteroatoms.